The number of carbonyl (C=O) groups is 1. The molecule has 0 radical (unpaired) electrons. The summed E-state index contributed by atoms with van der Waals surface area (Å²) >= 11 is 0. The van der Waals surface area contributed by atoms with Gasteiger partial charge >= 0.3 is 0 Å². The summed E-state index contributed by atoms with van der Waals surface area (Å²) in [5, 5.41) is 3.83. The van der Waals surface area contributed by atoms with Crippen molar-refractivity contribution < 1.29 is 14.1 Å². The van der Waals surface area contributed by atoms with Crippen LogP contribution in [0.5, 0.6) is 0 Å². The number of hydrogen-bond acceptors (Lipinski definition) is 7. The molecule has 3 heterocycles. The summed E-state index contributed by atoms with van der Waals surface area (Å²) in [5.41, 5.74) is 7.48. The predicted molar refractivity (Wildman–Crippen MR) is 77.0 cm³/mol. The lowest BCUT2D eigenvalue weighted by atomic mass is 10.1. The first kappa shape index (κ1) is 14.5. The maximum Gasteiger partial charge on any atom is 0.259 e. The van der Waals surface area contributed by atoms with Crippen LogP contribution in [0.15, 0.2) is 16.9 Å². The molecule has 1 aliphatic heterocycles. The Hall–Kier alpha value is -2.48. The van der Waals surface area contributed by atoms with Crippen molar-refractivity contribution in [2.45, 2.75) is 20.0 Å². The third-order valence-corrected chi connectivity index (χ3v) is 3.66. The third-order valence-electron chi connectivity index (χ3n) is 3.66. The van der Waals surface area contributed by atoms with Crippen LogP contribution in [0.1, 0.15) is 33.6 Å². The molecule has 0 spiro atoms. The molecular weight excluding hydrogens is 286 g/mol. The molecule has 1 fully saturated rings. The van der Waals surface area contributed by atoms with Gasteiger partial charge in [-0.15, -0.1) is 0 Å². The molecule has 1 atom stereocenters. The largest absolute Gasteiger partial charge is 0.382 e. The zero-order valence-electron chi connectivity index (χ0n) is 12.4. The van der Waals surface area contributed by atoms with Gasteiger partial charge in [0.2, 0.25) is 0 Å². The van der Waals surface area contributed by atoms with Crippen LogP contribution in [0, 0.1) is 13.8 Å². The van der Waals surface area contributed by atoms with Gasteiger partial charge in [-0.1, -0.05) is 5.16 Å². The Kier molecular flexibility index (Phi) is 3.76. The number of nitrogens with zero attached hydrogens (tertiary/aromatic N) is 4. The highest BCUT2D eigenvalue weighted by atomic mass is 16.5. The number of ether oxygens (including phenoxy) is 1. The van der Waals surface area contributed by atoms with Gasteiger partial charge in [0, 0.05) is 18.9 Å². The first-order chi connectivity index (χ1) is 10.6. The van der Waals surface area contributed by atoms with Crippen molar-refractivity contribution >= 4 is 11.7 Å². The minimum absolute atomic E-state index is 0.119. The summed E-state index contributed by atoms with van der Waals surface area (Å²) in [6.45, 7) is 4.76. The van der Waals surface area contributed by atoms with Gasteiger partial charge < -0.3 is 19.9 Å². The van der Waals surface area contributed by atoms with E-state index >= 15 is 0 Å². The van der Waals surface area contributed by atoms with E-state index in [2.05, 4.69) is 15.1 Å². The second-order valence-corrected chi connectivity index (χ2v) is 5.14. The molecule has 0 aromatic carbocycles. The number of nitrogens with two attached hydrogens (primary N) is 1. The van der Waals surface area contributed by atoms with Crippen LogP contribution in [0.2, 0.25) is 0 Å². The van der Waals surface area contributed by atoms with Gasteiger partial charge in [-0.2, -0.15) is 0 Å². The van der Waals surface area contributed by atoms with E-state index in [1.54, 1.807) is 24.9 Å². The van der Waals surface area contributed by atoms with Gasteiger partial charge in [0.25, 0.3) is 5.91 Å². The summed E-state index contributed by atoms with van der Waals surface area (Å²) in [7, 11) is 0. The molecule has 0 unspecified atom stereocenters. The van der Waals surface area contributed by atoms with Gasteiger partial charge in [0.05, 0.1) is 18.8 Å². The average molecular weight is 303 g/mol. The van der Waals surface area contributed by atoms with Crippen molar-refractivity contribution in [3.63, 3.8) is 0 Å². The Bertz CT molecular complexity index is 680. The van der Waals surface area contributed by atoms with Crippen molar-refractivity contribution in [2.24, 2.45) is 0 Å². The summed E-state index contributed by atoms with van der Waals surface area (Å²) in [5.74, 6) is 0.718. The van der Waals surface area contributed by atoms with E-state index in [4.69, 9.17) is 15.0 Å². The summed E-state index contributed by atoms with van der Waals surface area (Å²) in [4.78, 5) is 22.6. The van der Waals surface area contributed by atoms with Gasteiger partial charge in [-0.3, -0.25) is 9.78 Å². The molecule has 0 bridgehead atoms. The topological polar surface area (TPSA) is 107 Å². The molecule has 0 saturated carbocycles. The molecule has 0 aliphatic carbocycles. The van der Waals surface area contributed by atoms with E-state index in [1.807, 2.05) is 0 Å². The lowest BCUT2D eigenvalue weighted by Gasteiger charge is -2.32. The quantitative estimate of drug-likeness (QED) is 0.877. The summed E-state index contributed by atoms with van der Waals surface area (Å²) < 4.78 is 10.8. The van der Waals surface area contributed by atoms with E-state index in [0.29, 0.717) is 48.2 Å². The van der Waals surface area contributed by atoms with Gasteiger partial charge in [-0.05, 0) is 13.8 Å². The van der Waals surface area contributed by atoms with Crippen LogP contribution in [-0.2, 0) is 4.74 Å². The molecule has 1 amide bonds. The van der Waals surface area contributed by atoms with E-state index in [1.165, 1.54) is 6.20 Å². The minimum Gasteiger partial charge on any atom is -0.382 e. The lowest BCUT2D eigenvalue weighted by molar-refractivity contribution is -0.0245. The normalized spacial score (nSPS) is 18.5. The Morgan fingerprint density at radius 1 is 1.36 bits per heavy atom. The van der Waals surface area contributed by atoms with Crippen LogP contribution in [0.3, 0.4) is 0 Å². The molecule has 2 aromatic heterocycles. The Morgan fingerprint density at radius 3 is 2.82 bits per heavy atom. The Morgan fingerprint density at radius 2 is 2.14 bits per heavy atom. The zero-order valence-corrected chi connectivity index (χ0v) is 12.4. The van der Waals surface area contributed by atoms with Crippen LogP contribution < -0.4 is 5.73 Å². The standard InChI is InChI=1S/C14H17N5O3/c1-8-11(9(2)22-18-8)14(20)19-5-6-21-10(7-19)12-13(15)17-4-3-16-12/h3-4,10H,5-7H2,1-2H3,(H2,15,17)/t10-/m1/s1. The number of aryl methyl sites for hydroxylation is 2. The number of aromatic nitrogens is 3. The molecule has 8 nitrogen and oxygen atoms in total. The highest BCUT2D eigenvalue weighted by molar-refractivity contribution is 5.96. The molecule has 8 heteroatoms. The van der Waals surface area contributed by atoms with Crippen molar-refractivity contribution in [1.82, 2.24) is 20.0 Å². The first-order valence-electron chi connectivity index (χ1n) is 6.98. The predicted octanol–water partition coefficient (Wildman–Crippen LogP) is 0.877. The fourth-order valence-electron chi connectivity index (χ4n) is 2.55. The van der Waals surface area contributed by atoms with E-state index < -0.39 is 0 Å². The number of carbonyl (C=O) groups excluding carboxylic acids is 1. The average Bonchev–Trinajstić information content (AvgIpc) is 2.86. The smallest absolute Gasteiger partial charge is 0.259 e. The van der Waals surface area contributed by atoms with Crippen molar-refractivity contribution in [3.05, 3.63) is 35.1 Å². The number of anilines is 1. The van der Waals surface area contributed by atoms with Gasteiger partial charge in [0.15, 0.2) is 0 Å². The fraction of sp³-hybridized carbons (Fsp3) is 0.429. The molecule has 1 aliphatic rings. The maximum atomic E-state index is 12.7. The Labute approximate surface area is 127 Å². The minimum atomic E-state index is -0.383. The molecule has 22 heavy (non-hydrogen) atoms. The number of rotatable bonds is 2. The monoisotopic (exact) mass is 303 g/mol. The van der Waals surface area contributed by atoms with Crippen molar-refractivity contribution in [3.8, 4) is 0 Å². The number of hydrogen-bond donors (Lipinski definition) is 1. The third kappa shape index (κ3) is 2.52. The van der Waals surface area contributed by atoms with Crippen molar-refractivity contribution in [2.75, 3.05) is 25.4 Å². The van der Waals surface area contributed by atoms with Gasteiger partial charge in [0.1, 0.15) is 28.9 Å². The number of nitrogen functional groups attached to an aromatic ring is 1. The maximum absolute atomic E-state index is 12.7. The first-order valence-corrected chi connectivity index (χ1v) is 6.98. The molecule has 3 rings (SSSR count). The second kappa shape index (κ2) is 5.72. The van der Waals surface area contributed by atoms with Gasteiger partial charge in [-0.25, -0.2) is 4.98 Å². The molecule has 1 saturated heterocycles. The van der Waals surface area contributed by atoms with Crippen LogP contribution in [0.4, 0.5) is 5.82 Å². The summed E-state index contributed by atoms with van der Waals surface area (Å²) in [6, 6.07) is 0. The Balaban J connectivity index is 1.82. The second-order valence-electron chi connectivity index (χ2n) is 5.14. The zero-order chi connectivity index (χ0) is 15.7. The lowest BCUT2D eigenvalue weighted by Crippen LogP contribution is -2.43. The van der Waals surface area contributed by atoms with Crippen LogP contribution >= 0.6 is 0 Å². The van der Waals surface area contributed by atoms with Crippen LogP contribution in [-0.4, -0.2) is 45.6 Å². The van der Waals surface area contributed by atoms with E-state index in [9.17, 15) is 4.79 Å². The van der Waals surface area contributed by atoms with Crippen LogP contribution in [0.25, 0.3) is 0 Å². The molecule has 2 aromatic rings. The van der Waals surface area contributed by atoms with Crippen molar-refractivity contribution in [1.29, 1.82) is 0 Å². The highest BCUT2D eigenvalue weighted by Gasteiger charge is 2.31. The number of amides is 1. The SMILES string of the molecule is Cc1noc(C)c1C(=O)N1CCO[C@@H](c2nccnc2N)C1. The fourth-order valence-corrected chi connectivity index (χ4v) is 2.55. The highest BCUT2D eigenvalue weighted by Crippen LogP contribution is 2.25. The molecule has 2 N–H and O–H groups in total. The molecule has 116 valence electrons. The van der Waals surface area contributed by atoms with E-state index in [0.717, 1.165) is 0 Å². The van der Waals surface area contributed by atoms with E-state index in [-0.39, 0.29) is 12.0 Å². The number of morpholine rings is 1. The molecular formula is C14H17N5O3. The summed E-state index contributed by atoms with van der Waals surface area (Å²) in [6.07, 6.45) is 2.70.